The van der Waals surface area contributed by atoms with Crippen LogP contribution in [0.2, 0.25) is 4.47 Å². The number of halogens is 1. The zero-order valence-electron chi connectivity index (χ0n) is 11.9. The van der Waals surface area contributed by atoms with Crippen LogP contribution in [0, 0.1) is 5.41 Å². The first-order chi connectivity index (χ1) is 8.82. The van der Waals surface area contributed by atoms with Gasteiger partial charge < -0.3 is 5.73 Å². The van der Waals surface area contributed by atoms with Crippen LogP contribution in [-0.2, 0) is 6.42 Å². The summed E-state index contributed by atoms with van der Waals surface area (Å²) in [4.78, 5) is 8.32. The van der Waals surface area contributed by atoms with Crippen molar-refractivity contribution in [1.82, 2.24) is 9.88 Å². The zero-order valence-corrected chi connectivity index (χ0v) is 13.4. The highest BCUT2D eigenvalue weighted by molar-refractivity contribution is 7.15. The van der Waals surface area contributed by atoms with Gasteiger partial charge in [0.25, 0.3) is 0 Å². The number of rotatable bonds is 0. The third-order valence-electron chi connectivity index (χ3n) is 4.88. The van der Waals surface area contributed by atoms with Gasteiger partial charge in [-0.1, -0.05) is 11.6 Å². The average molecular weight is 300 g/mol. The predicted molar refractivity (Wildman–Crippen MR) is 80.7 cm³/mol. The summed E-state index contributed by atoms with van der Waals surface area (Å²) >= 11 is 7.61. The van der Waals surface area contributed by atoms with Crippen LogP contribution in [-0.4, -0.2) is 28.5 Å². The Balaban J connectivity index is 1.77. The molecule has 3 nitrogen and oxygen atoms in total. The summed E-state index contributed by atoms with van der Waals surface area (Å²) in [5.41, 5.74) is 8.06. The molecule has 5 heteroatoms. The maximum absolute atomic E-state index is 6.49. The summed E-state index contributed by atoms with van der Waals surface area (Å²) in [5.74, 6) is 0. The third-order valence-corrected chi connectivity index (χ3v) is 6.05. The summed E-state index contributed by atoms with van der Waals surface area (Å²) in [5, 5.41) is 0. The fourth-order valence-electron chi connectivity index (χ4n) is 3.53. The highest BCUT2D eigenvalue weighted by atomic mass is 35.5. The molecule has 2 aliphatic rings. The second-order valence-electron chi connectivity index (χ2n) is 6.95. The Morgan fingerprint density at radius 2 is 2.00 bits per heavy atom. The van der Waals surface area contributed by atoms with E-state index in [1.54, 1.807) is 11.3 Å². The minimum atomic E-state index is 0.0772. The van der Waals surface area contributed by atoms with E-state index in [0.717, 1.165) is 25.2 Å². The highest BCUT2D eigenvalue weighted by Gasteiger charge is 2.48. The van der Waals surface area contributed by atoms with Gasteiger partial charge in [0.1, 0.15) is 0 Å². The van der Waals surface area contributed by atoms with E-state index in [0.29, 0.717) is 4.47 Å². The van der Waals surface area contributed by atoms with Gasteiger partial charge in [0.05, 0.1) is 11.7 Å². The molecule has 2 N–H and O–H groups in total. The lowest BCUT2D eigenvalue weighted by Crippen LogP contribution is -2.51. The minimum absolute atomic E-state index is 0.0772. The Bertz CT molecular complexity index is 483. The molecule has 3 rings (SSSR count). The first kappa shape index (κ1) is 13.8. The smallest absolute Gasteiger partial charge is 0.184 e. The van der Waals surface area contributed by atoms with Crippen LogP contribution in [0.3, 0.4) is 0 Å². The summed E-state index contributed by atoms with van der Waals surface area (Å²) in [6.45, 7) is 9.15. The van der Waals surface area contributed by atoms with E-state index in [2.05, 4.69) is 30.7 Å². The SMILES string of the molecule is CC(C)(C)N1CCC2(CC1)Cc1sc(Cl)nc1[C@H]2N. The van der Waals surface area contributed by atoms with Crippen molar-refractivity contribution in [1.29, 1.82) is 0 Å². The third kappa shape index (κ3) is 2.23. The molecule has 0 unspecified atom stereocenters. The molecule has 0 bridgehead atoms. The molecule has 1 aliphatic heterocycles. The molecule has 0 amide bonds. The zero-order chi connectivity index (χ0) is 13.8. The molecule has 1 fully saturated rings. The van der Waals surface area contributed by atoms with Gasteiger partial charge in [-0.2, -0.15) is 0 Å². The van der Waals surface area contributed by atoms with Gasteiger partial charge in [-0.3, -0.25) is 4.90 Å². The van der Waals surface area contributed by atoms with E-state index < -0.39 is 0 Å². The lowest BCUT2D eigenvalue weighted by molar-refractivity contribution is 0.0342. The molecule has 1 atom stereocenters. The van der Waals surface area contributed by atoms with Gasteiger partial charge in [-0.15, -0.1) is 11.3 Å². The van der Waals surface area contributed by atoms with Crippen LogP contribution in [0.1, 0.15) is 50.2 Å². The lowest BCUT2D eigenvalue weighted by atomic mass is 9.73. The van der Waals surface area contributed by atoms with Crippen molar-refractivity contribution < 1.29 is 0 Å². The Morgan fingerprint density at radius 3 is 2.53 bits per heavy atom. The first-order valence-electron chi connectivity index (χ1n) is 6.98. The van der Waals surface area contributed by atoms with Crippen LogP contribution >= 0.6 is 22.9 Å². The van der Waals surface area contributed by atoms with E-state index in [9.17, 15) is 0 Å². The molecular weight excluding hydrogens is 278 g/mol. The molecule has 106 valence electrons. The van der Waals surface area contributed by atoms with Gasteiger partial charge in [0, 0.05) is 10.4 Å². The van der Waals surface area contributed by atoms with E-state index in [4.69, 9.17) is 17.3 Å². The van der Waals surface area contributed by atoms with E-state index >= 15 is 0 Å². The van der Waals surface area contributed by atoms with Crippen molar-refractivity contribution in [2.24, 2.45) is 11.1 Å². The number of thiazole rings is 1. The molecule has 1 saturated heterocycles. The van der Waals surface area contributed by atoms with Crippen LogP contribution in [0.15, 0.2) is 0 Å². The molecular formula is C14H22ClN3S. The average Bonchev–Trinajstić information content (AvgIpc) is 2.77. The van der Waals surface area contributed by atoms with Gasteiger partial charge in [0.2, 0.25) is 0 Å². The molecule has 19 heavy (non-hydrogen) atoms. The number of nitrogens with two attached hydrogens (primary N) is 1. The number of hydrogen-bond acceptors (Lipinski definition) is 4. The van der Waals surface area contributed by atoms with Gasteiger partial charge >= 0.3 is 0 Å². The van der Waals surface area contributed by atoms with Crippen molar-refractivity contribution in [3.8, 4) is 0 Å². The van der Waals surface area contributed by atoms with Crippen LogP contribution in [0.25, 0.3) is 0 Å². The van der Waals surface area contributed by atoms with Gasteiger partial charge in [-0.25, -0.2) is 4.98 Å². The number of hydrogen-bond donors (Lipinski definition) is 1. The molecule has 2 heterocycles. The van der Waals surface area contributed by atoms with Gasteiger partial charge in [-0.05, 0) is 58.5 Å². The number of aromatic nitrogens is 1. The Morgan fingerprint density at radius 1 is 1.37 bits per heavy atom. The highest BCUT2D eigenvalue weighted by Crippen LogP contribution is 2.52. The Kier molecular flexibility index (Phi) is 3.21. The van der Waals surface area contributed by atoms with Crippen molar-refractivity contribution >= 4 is 22.9 Å². The molecule has 1 spiro atoms. The summed E-state index contributed by atoms with van der Waals surface area (Å²) in [6.07, 6.45) is 3.42. The molecule has 0 aromatic carbocycles. The molecule has 0 saturated carbocycles. The van der Waals surface area contributed by atoms with Crippen molar-refractivity contribution in [3.63, 3.8) is 0 Å². The number of likely N-dealkylation sites (tertiary alicyclic amines) is 1. The maximum Gasteiger partial charge on any atom is 0.184 e. The number of piperidine rings is 1. The van der Waals surface area contributed by atoms with Crippen molar-refractivity contribution in [2.45, 2.75) is 51.6 Å². The van der Waals surface area contributed by atoms with Gasteiger partial charge in [0.15, 0.2) is 4.47 Å². The second kappa shape index (κ2) is 4.42. The van der Waals surface area contributed by atoms with Crippen LogP contribution in [0.5, 0.6) is 0 Å². The second-order valence-corrected chi connectivity index (χ2v) is 8.62. The monoisotopic (exact) mass is 299 g/mol. The Hall–Kier alpha value is -0.160. The maximum atomic E-state index is 6.49. The topological polar surface area (TPSA) is 42.2 Å². The summed E-state index contributed by atoms with van der Waals surface area (Å²) in [6, 6.07) is 0.0772. The molecule has 1 aromatic rings. The predicted octanol–water partition coefficient (Wildman–Crippen LogP) is 3.23. The normalized spacial score (nSPS) is 26.9. The summed E-state index contributed by atoms with van der Waals surface area (Å²) in [7, 11) is 0. The number of fused-ring (bicyclic) bond motifs is 1. The quantitative estimate of drug-likeness (QED) is 0.800. The van der Waals surface area contributed by atoms with E-state index in [1.807, 2.05) is 0 Å². The van der Waals surface area contributed by atoms with E-state index in [1.165, 1.54) is 17.7 Å². The largest absolute Gasteiger partial charge is 0.322 e. The number of nitrogens with zero attached hydrogens (tertiary/aromatic N) is 2. The first-order valence-corrected chi connectivity index (χ1v) is 8.17. The molecule has 1 aromatic heterocycles. The lowest BCUT2D eigenvalue weighted by Gasteiger charge is -2.46. The van der Waals surface area contributed by atoms with Crippen LogP contribution in [0.4, 0.5) is 0 Å². The fraction of sp³-hybridized carbons (Fsp3) is 0.786. The van der Waals surface area contributed by atoms with Crippen LogP contribution < -0.4 is 5.73 Å². The molecule has 1 aliphatic carbocycles. The van der Waals surface area contributed by atoms with E-state index in [-0.39, 0.29) is 17.0 Å². The van der Waals surface area contributed by atoms with Crippen molar-refractivity contribution in [3.05, 3.63) is 15.0 Å². The van der Waals surface area contributed by atoms with Crippen molar-refractivity contribution in [2.75, 3.05) is 13.1 Å². The standard InChI is InChI=1S/C14H22ClN3S/c1-13(2,3)18-6-4-14(5-7-18)8-9-10(11(14)16)17-12(15)19-9/h11H,4-8,16H2,1-3H3/t11-/m1/s1. The Labute approximate surface area is 124 Å². The molecule has 0 radical (unpaired) electrons. The fourth-order valence-corrected chi connectivity index (χ4v) is 4.89. The minimum Gasteiger partial charge on any atom is -0.322 e. The summed E-state index contributed by atoms with van der Waals surface area (Å²) < 4.78 is 0.641.